The summed E-state index contributed by atoms with van der Waals surface area (Å²) in [6, 6.07) is 7.35. The zero-order valence-electron chi connectivity index (χ0n) is 17.4. The van der Waals surface area contributed by atoms with E-state index in [0.717, 1.165) is 36.1 Å². The number of fused-ring (bicyclic) bond motifs is 1. The van der Waals surface area contributed by atoms with Crippen LogP contribution in [0.2, 0.25) is 0 Å². The van der Waals surface area contributed by atoms with E-state index in [-0.39, 0.29) is 28.9 Å². The molecule has 168 valence electrons. The molecule has 3 rings (SSSR count). The molecule has 0 atom stereocenters. The van der Waals surface area contributed by atoms with Crippen molar-refractivity contribution in [2.24, 2.45) is 0 Å². The van der Waals surface area contributed by atoms with Gasteiger partial charge < -0.3 is 13.9 Å². The van der Waals surface area contributed by atoms with Crippen LogP contribution in [-0.4, -0.2) is 12.8 Å². The van der Waals surface area contributed by atoms with Crippen molar-refractivity contribution >= 4 is 11.0 Å². The summed E-state index contributed by atoms with van der Waals surface area (Å²) in [4.78, 5) is 0. The van der Waals surface area contributed by atoms with E-state index in [2.05, 4.69) is 11.7 Å². The largest absolute Gasteiger partial charge is 0.573 e. The first-order valence-corrected chi connectivity index (χ1v) is 9.88. The fraction of sp³-hybridized carbons (Fsp3) is 0.391. The van der Waals surface area contributed by atoms with Crippen LogP contribution in [0.1, 0.15) is 41.4 Å². The molecular weight excluding hydrogens is 419 g/mol. The van der Waals surface area contributed by atoms with Crippen molar-refractivity contribution in [3.05, 3.63) is 58.3 Å². The van der Waals surface area contributed by atoms with Gasteiger partial charge in [0.25, 0.3) is 0 Å². The van der Waals surface area contributed by atoms with Crippen molar-refractivity contribution in [1.82, 2.24) is 0 Å². The Kier molecular flexibility index (Phi) is 6.77. The first-order valence-electron chi connectivity index (χ1n) is 9.88. The van der Waals surface area contributed by atoms with Crippen LogP contribution >= 0.6 is 0 Å². The van der Waals surface area contributed by atoms with Gasteiger partial charge in [0.2, 0.25) is 6.43 Å². The molecule has 0 aliphatic heterocycles. The molecular formula is C23H23F5O3. The molecule has 3 nitrogen and oxygen atoms in total. The Morgan fingerprint density at radius 1 is 1.00 bits per heavy atom. The van der Waals surface area contributed by atoms with Crippen molar-refractivity contribution in [3.63, 3.8) is 0 Å². The van der Waals surface area contributed by atoms with E-state index in [4.69, 9.17) is 9.15 Å². The third-order valence-electron chi connectivity index (χ3n) is 5.06. The molecule has 0 bridgehead atoms. The van der Waals surface area contributed by atoms with E-state index in [9.17, 15) is 22.0 Å². The van der Waals surface area contributed by atoms with Gasteiger partial charge in [-0.3, -0.25) is 0 Å². The highest BCUT2D eigenvalue weighted by Crippen LogP contribution is 2.33. The molecule has 1 heterocycles. The van der Waals surface area contributed by atoms with Gasteiger partial charge in [-0.2, -0.15) is 0 Å². The number of alkyl halides is 5. The zero-order valence-corrected chi connectivity index (χ0v) is 17.4. The second kappa shape index (κ2) is 9.16. The predicted octanol–water partition coefficient (Wildman–Crippen LogP) is 7.29. The van der Waals surface area contributed by atoms with Crippen molar-refractivity contribution in [3.8, 4) is 11.5 Å². The van der Waals surface area contributed by atoms with Crippen LogP contribution < -0.4 is 9.47 Å². The van der Waals surface area contributed by atoms with Gasteiger partial charge >= 0.3 is 6.36 Å². The number of hydrogen-bond donors (Lipinski definition) is 0. The number of rotatable bonds is 8. The Balaban J connectivity index is 1.94. The third kappa shape index (κ3) is 5.68. The first kappa shape index (κ1) is 22.9. The first-order chi connectivity index (χ1) is 14.6. The molecule has 1 aromatic heterocycles. The van der Waals surface area contributed by atoms with E-state index in [1.165, 1.54) is 11.6 Å². The molecule has 31 heavy (non-hydrogen) atoms. The highest BCUT2D eigenvalue weighted by atomic mass is 19.4. The molecule has 0 spiro atoms. The lowest BCUT2D eigenvalue weighted by Gasteiger charge is -2.15. The maximum atomic E-state index is 12.7. The van der Waals surface area contributed by atoms with Gasteiger partial charge in [0.1, 0.15) is 29.4 Å². The number of aryl methyl sites for hydroxylation is 1. The summed E-state index contributed by atoms with van der Waals surface area (Å²) in [6.45, 7) is 5.88. The quantitative estimate of drug-likeness (QED) is 0.343. The van der Waals surface area contributed by atoms with Gasteiger partial charge in [0.15, 0.2) is 0 Å². The SMILES string of the molecule is CCCc1ccc(OCc2cc(OC(F)(F)F)cc3cc(CC(F)F)oc23)c(C)c1C. The van der Waals surface area contributed by atoms with Crippen LogP contribution in [0.3, 0.4) is 0 Å². The molecule has 3 aromatic rings. The smallest absolute Gasteiger partial charge is 0.488 e. The van der Waals surface area contributed by atoms with Crippen molar-refractivity contribution in [2.75, 3.05) is 0 Å². The normalized spacial score (nSPS) is 12.0. The van der Waals surface area contributed by atoms with Crippen LogP contribution in [0.5, 0.6) is 11.5 Å². The van der Waals surface area contributed by atoms with Gasteiger partial charge in [0, 0.05) is 10.9 Å². The summed E-state index contributed by atoms with van der Waals surface area (Å²) in [6.07, 6.45) is -6.22. The van der Waals surface area contributed by atoms with Gasteiger partial charge in [-0.1, -0.05) is 19.4 Å². The second-order valence-corrected chi connectivity index (χ2v) is 7.37. The zero-order chi connectivity index (χ0) is 22.8. The van der Waals surface area contributed by atoms with E-state index in [1.54, 1.807) is 0 Å². The van der Waals surface area contributed by atoms with Gasteiger partial charge in [-0.05, 0) is 61.2 Å². The average molecular weight is 442 g/mol. The molecule has 0 fully saturated rings. The van der Waals surface area contributed by atoms with Crippen LogP contribution in [0, 0.1) is 13.8 Å². The Morgan fingerprint density at radius 3 is 2.39 bits per heavy atom. The lowest BCUT2D eigenvalue weighted by atomic mass is 9.99. The highest BCUT2D eigenvalue weighted by Gasteiger charge is 2.31. The van der Waals surface area contributed by atoms with Gasteiger partial charge in [0.05, 0.1) is 6.42 Å². The average Bonchev–Trinajstić information content (AvgIpc) is 3.05. The van der Waals surface area contributed by atoms with E-state index in [0.29, 0.717) is 5.75 Å². The summed E-state index contributed by atoms with van der Waals surface area (Å²) in [5, 5.41) is 0.238. The number of halogens is 5. The summed E-state index contributed by atoms with van der Waals surface area (Å²) in [5.41, 5.74) is 3.70. The lowest BCUT2D eigenvalue weighted by molar-refractivity contribution is -0.274. The molecule has 2 aromatic carbocycles. The monoisotopic (exact) mass is 442 g/mol. The minimum Gasteiger partial charge on any atom is -0.488 e. The minimum absolute atomic E-state index is 0.0219. The van der Waals surface area contributed by atoms with Crippen LogP contribution in [0.25, 0.3) is 11.0 Å². The second-order valence-electron chi connectivity index (χ2n) is 7.37. The number of furan rings is 1. The van der Waals surface area contributed by atoms with Crippen molar-refractivity contribution in [2.45, 2.75) is 59.4 Å². The van der Waals surface area contributed by atoms with E-state index in [1.807, 2.05) is 26.0 Å². The number of hydrogen-bond acceptors (Lipinski definition) is 3. The summed E-state index contributed by atoms with van der Waals surface area (Å²) in [5.74, 6) is 0.104. The van der Waals surface area contributed by atoms with Gasteiger partial charge in [-0.15, -0.1) is 13.2 Å². The lowest BCUT2D eigenvalue weighted by Crippen LogP contribution is -2.17. The predicted molar refractivity (Wildman–Crippen MR) is 107 cm³/mol. The van der Waals surface area contributed by atoms with Crippen LogP contribution in [0.15, 0.2) is 34.7 Å². The Morgan fingerprint density at radius 2 is 1.74 bits per heavy atom. The molecule has 0 amide bonds. The molecule has 0 aliphatic rings. The molecule has 0 unspecified atom stereocenters. The summed E-state index contributed by atoms with van der Waals surface area (Å²) >= 11 is 0. The molecule has 0 aliphatic carbocycles. The number of ether oxygens (including phenoxy) is 2. The van der Waals surface area contributed by atoms with Crippen LogP contribution in [0.4, 0.5) is 22.0 Å². The molecule has 0 saturated heterocycles. The Labute approximate surface area is 176 Å². The third-order valence-corrected chi connectivity index (χ3v) is 5.06. The topological polar surface area (TPSA) is 31.6 Å². The van der Waals surface area contributed by atoms with E-state index < -0.39 is 25.0 Å². The van der Waals surface area contributed by atoms with Crippen LogP contribution in [-0.2, 0) is 19.4 Å². The molecule has 0 radical (unpaired) electrons. The standard InChI is InChI=1S/C23H23F5O3/c1-4-5-15-6-7-20(14(3)13(15)2)29-12-17-10-19(31-23(26,27)28)9-16-8-18(11-21(24)25)30-22(16)17/h6-10,21H,4-5,11-12H2,1-3H3. The van der Waals surface area contributed by atoms with Gasteiger partial charge in [-0.25, -0.2) is 8.78 Å². The Hall–Kier alpha value is -2.77. The van der Waals surface area contributed by atoms with Crippen molar-refractivity contribution < 1.29 is 35.8 Å². The summed E-state index contributed by atoms with van der Waals surface area (Å²) in [7, 11) is 0. The molecule has 0 N–H and O–H groups in total. The minimum atomic E-state index is -4.88. The fourth-order valence-corrected chi connectivity index (χ4v) is 3.51. The molecule has 8 heteroatoms. The highest BCUT2D eigenvalue weighted by molar-refractivity contribution is 5.83. The number of benzene rings is 2. The van der Waals surface area contributed by atoms with Crippen molar-refractivity contribution in [1.29, 1.82) is 0 Å². The maximum Gasteiger partial charge on any atom is 0.573 e. The maximum absolute atomic E-state index is 12.7. The molecule has 0 saturated carbocycles. The fourth-order valence-electron chi connectivity index (χ4n) is 3.51. The van der Waals surface area contributed by atoms with E-state index >= 15 is 0 Å². The Bertz CT molecular complexity index is 1050. The summed E-state index contributed by atoms with van der Waals surface area (Å²) < 4.78 is 79.0.